The van der Waals surface area contributed by atoms with Crippen molar-refractivity contribution in [2.75, 3.05) is 12.5 Å². The Balaban J connectivity index is 2.07. The van der Waals surface area contributed by atoms with Gasteiger partial charge in [0.05, 0.1) is 13.3 Å². The van der Waals surface area contributed by atoms with Crippen molar-refractivity contribution in [1.82, 2.24) is 15.2 Å². The van der Waals surface area contributed by atoms with E-state index in [2.05, 4.69) is 25.7 Å². The van der Waals surface area contributed by atoms with E-state index >= 15 is 0 Å². The molecule has 0 amide bonds. The van der Waals surface area contributed by atoms with Crippen LogP contribution in [0.15, 0.2) is 23.3 Å². The van der Waals surface area contributed by atoms with Crippen molar-refractivity contribution in [3.05, 3.63) is 28.5 Å². The van der Waals surface area contributed by atoms with Gasteiger partial charge >= 0.3 is 0 Å². The van der Waals surface area contributed by atoms with Crippen LogP contribution in [0, 0.1) is 4.77 Å². The highest BCUT2D eigenvalue weighted by Crippen LogP contribution is 2.25. The Bertz CT molecular complexity index is 619. The lowest BCUT2D eigenvalue weighted by Gasteiger charge is -2.03. The summed E-state index contributed by atoms with van der Waals surface area (Å²) < 4.78 is 5.33. The van der Waals surface area contributed by atoms with Crippen molar-refractivity contribution in [2.45, 2.75) is 0 Å². The van der Waals surface area contributed by atoms with Gasteiger partial charge in [-0.15, -0.1) is 0 Å². The van der Waals surface area contributed by atoms with Gasteiger partial charge in [0, 0.05) is 0 Å². The summed E-state index contributed by atoms with van der Waals surface area (Å²) in [5.74, 6) is 0.888. The maximum absolute atomic E-state index is 9.43. The lowest BCUT2D eigenvalue weighted by Crippen LogP contribution is -1.93. The fraction of sp³-hybridized carbons (Fsp3) is 0.100. The molecular weight excluding hydrogens is 254 g/mol. The fourth-order valence-electron chi connectivity index (χ4n) is 1.27. The Morgan fingerprint density at radius 2 is 2.33 bits per heavy atom. The first-order chi connectivity index (χ1) is 8.69. The minimum Gasteiger partial charge on any atom is -0.504 e. The van der Waals surface area contributed by atoms with E-state index in [1.165, 1.54) is 13.2 Å². The van der Waals surface area contributed by atoms with Gasteiger partial charge in [-0.3, -0.25) is 10.2 Å². The summed E-state index contributed by atoms with van der Waals surface area (Å²) in [6, 6.07) is 4.89. The van der Waals surface area contributed by atoms with E-state index in [1.54, 1.807) is 18.3 Å². The average Bonchev–Trinajstić information content (AvgIpc) is 2.77. The van der Waals surface area contributed by atoms with E-state index in [-0.39, 0.29) is 5.75 Å². The van der Waals surface area contributed by atoms with E-state index < -0.39 is 0 Å². The predicted molar refractivity (Wildman–Crippen MR) is 69.6 cm³/mol. The Hall–Kier alpha value is -2.35. The van der Waals surface area contributed by atoms with Crippen LogP contribution in [0.1, 0.15) is 5.56 Å². The number of anilines is 1. The lowest BCUT2D eigenvalue weighted by atomic mass is 10.2. The summed E-state index contributed by atoms with van der Waals surface area (Å²) >= 11 is 4.79. The summed E-state index contributed by atoms with van der Waals surface area (Å²) in [5.41, 5.74) is 3.44. The number of aromatic hydroxyl groups is 1. The molecule has 0 fully saturated rings. The highest BCUT2D eigenvalue weighted by molar-refractivity contribution is 7.71. The van der Waals surface area contributed by atoms with Crippen molar-refractivity contribution in [1.29, 1.82) is 0 Å². The first kappa shape index (κ1) is 12.1. The molecule has 8 heteroatoms. The van der Waals surface area contributed by atoms with Gasteiger partial charge in [-0.05, 0) is 36.0 Å². The first-order valence-corrected chi connectivity index (χ1v) is 5.40. The molecule has 0 bridgehead atoms. The number of rotatable bonds is 4. The fourth-order valence-corrected chi connectivity index (χ4v) is 1.41. The van der Waals surface area contributed by atoms with Crippen molar-refractivity contribution in [2.24, 2.45) is 5.10 Å². The number of hydrogen-bond acceptors (Lipinski definition) is 6. The van der Waals surface area contributed by atoms with Gasteiger partial charge in [0.1, 0.15) is 0 Å². The number of phenolic OH excluding ortho intramolecular Hbond substituents is 1. The average molecular weight is 265 g/mol. The molecule has 0 aliphatic heterocycles. The third kappa shape index (κ3) is 2.86. The molecule has 7 nitrogen and oxygen atoms in total. The first-order valence-electron chi connectivity index (χ1n) is 5.00. The summed E-state index contributed by atoms with van der Waals surface area (Å²) in [7, 11) is 1.48. The summed E-state index contributed by atoms with van der Waals surface area (Å²) in [5, 5.41) is 18.7. The molecule has 0 unspecified atom stereocenters. The summed E-state index contributed by atoms with van der Waals surface area (Å²) in [4.78, 5) is 3.90. The largest absolute Gasteiger partial charge is 0.504 e. The third-order valence-electron chi connectivity index (χ3n) is 2.09. The van der Waals surface area contributed by atoms with Crippen molar-refractivity contribution in [3.8, 4) is 11.5 Å². The molecule has 0 aliphatic carbocycles. The second-order valence-electron chi connectivity index (χ2n) is 3.32. The molecule has 0 radical (unpaired) electrons. The Kier molecular flexibility index (Phi) is 3.58. The van der Waals surface area contributed by atoms with E-state index in [0.29, 0.717) is 16.5 Å². The molecule has 0 atom stereocenters. The van der Waals surface area contributed by atoms with Gasteiger partial charge < -0.3 is 9.84 Å². The number of methoxy groups -OCH3 is 1. The van der Waals surface area contributed by atoms with Gasteiger partial charge in [0.25, 0.3) is 0 Å². The number of ether oxygens (including phenoxy) is 1. The number of nitrogens with zero attached hydrogens (tertiary/aromatic N) is 2. The number of H-pyrrole nitrogens is 2. The minimum atomic E-state index is 0.0824. The second-order valence-corrected chi connectivity index (χ2v) is 3.70. The van der Waals surface area contributed by atoms with Crippen LogP contribution in [-0.2, 0) is 0 Å². The van der Waals surface area contributed by atoms with Gasteiger partial charge in [-0.25, -0.2) is 5.43 Å². The van der Waals surface area contributed by atoms with Gasteiger partial charge in [-0.1, -0.05) is 0 Å². The number of nitrogens with one attached hydrogen (secondary N) is 3. The van der Waals surface area contributed by atoms with Gasteiger partial charge in [0.15, 0.2) is 11.5 Å². The van der Waals surface area contributed by atoms with E-state index in [0.717, 1.165) is 5.56 Å². The van der Waals surface area contributed by atoms with Crippen LogP contribution in [0.3, 0.4) is 0 Å². The predicted octanol–water partition coefficient (Wildman–Crippen LogP) is 1.63. The van der Waals surface area contributed by atoms with Gasteiger partial charge in [0.2, 0.25) is 10.7 Å². The van der Waals surface area contributed by atoms with Gasteiger partial charge in [-0.2, -0.15) is 10.1 Å². The second kappa shape index (κ2) is 5.32. The van der Waals surface area contributed by atoms with Crippen LogP contribution in [0.25, 0.3) is 0 Å². The van der Waals surface area contributed by atoms with Crippen LogP contribution in [-0.4, -0.2) is 33.6 Å². The van der Waals surface area contributed by atoms with Crippen LogP contribution < -0.4 is 10.2 Å². The molecule has 2 rings (SSSR count). The molecule has 4 N–H and O–H groups in total. The highest BCUT2D eigenvalue weighted by Gasteiger charge is 2.00. The van der Waals surface area contributed by atoms with Crippen LogP contribution >= 0.6 is 12.2 Å². The standard InChI is InChI=1S/C10H11N5O2S/c1-17-8-4-6(2-3-7(8)16)5-11-13-9-12-10(18)15-14-9/h2-5,16H,1H3,(H3,12,13,14,15,18)/b11-5-. The monoisotopic (exact) mass is 265 g/mol. The molecular formula is C10H11N5O2S. The van der Waals surface area contributed by atoms with Crippen molar-refractivity contribution < 1.29 is 9.84 Å². The van der Waals surface area contributed by atoms with Crippen LogP contribution in [0.5, 0.6) is 11.5 Å². The Labute approximate surface area is 108 Å². The third-order valence-corrected chi connectivity index (χ3v) is 2.28. The number of hydrogen-bond donors (Lipinski definition) is 4. The smallest absolute Gasteiger partial charge is 0.238 e. The maximum atomic E-state index is 9.43. The van der Waals surface area contributed by atoms with E-state index in [4.69, 9.17) is 17.0 Å². The van der Waals surface area contributed by atoms with E-state index in [9.17, 15) is 5.11 Å². The normalized spacial score (nSPS) is 10.7. The van der Waals surface area contributed by atoms with Crippen LogP contribution in [0.2, 0.25) is 0 Å². The highest BCUT2D eigenvalue weighted by atomic mass is 32.1. The summed E-state index contributed by atoms with van der Waals surface area (Å²) in [6.07, 6.45) is 1.56. The molecule has 0 saturated heterocycles. The quantitative estimate of drug-likeness (QED) is 0.382. The van der Waals surface area contributed by atoms with Crippen LogP contribution in [0.4, 0.5) is 5.95 Å². The summed E-state index contributed by atoms with van der Waals surface area (Å²) in [6.45, 7) is 0. The number of hydrazone groups is 1. The molecule has 1 aromatic carbocycles. The zero-order chi connectivity index (χ0) is 13.0. The zero-order valence-electron chi connectivity index (χ0n) is 9.47. The Morgan fingerprint density at radius 3 is 3.00 bits per heavy atom. The molecule has 18 heavy (non-hydrogen) atoms. The Morgan fingerprint density at radius 1 is 1.50 bits per heavy atom. The molecule has 1 heterocycles. The number of aromatic amines is 2. The number of aromatic nitrogens is 3. The van der Waals surface area contributed by atoms with E-state index in [1.807, 2.05) is 0 Å². The lowest BCUT2D eigenvalue weighted by molar-refractivity contribution is 0.373. The molecule has 0 aliphatic rings. The van der Waals surface area contributed by atoms with Crippen molar-refractivity contribution >= 4 is 24.4 Å². The number of benzene rings is 1. The number of phenols is 1. The molecule has 1 aromatic heterocycles. The maximum Gasteiger partial charge on any atom is 0.238 e. The zero-order valence-corrected chi connectivity index (χ0v) is 10.3. The SMILES string of the molecule is COc1cc(/C=N\Nc2nc(=S)[nH][nH]2)ccc1O. The van der Waals surface area contributed by atoms with Crippen molar-refractivity contribution in [3.63, 3.8) is 0 Å². The molecule has 94 valence electrons. The molecule has 2 aromatic rings. The minimum absolute atomic E-state index is 0.0824. The topological polar surface area (TPSA) is 98.3 Å². The molecule has 0 spiro atoms. The molecule has 0 saturated carbocycles.